The van der Waals surface area contributed by atoms with Crippen molar-refractivity contribution in [1.29, 1.82) is 0 Å². The van der Waals surface area contributed by atoms with Gasteiger partial charge in [0.2, 0.25) is 0 Å². The standard InChI is InChI=1S/C12H17NO2S/c1-10(2)8-9-13-11-6-4-5-7-12(11)16(3,14)15/h4-8,13H,9H2,1-3H3. The van der Waals surface area contributed by atoms with E-state index in [1.807, 2.05) is 26.0 Å². The monoisotopic (exact) mass is 239 g/mol. The van der Waals surface area contributed by atoms with E-state index in [1.165, 1.54) is 11.8 Å². The van der Waals surface area contributed by atoms with Crippen LogP contribution in [0.5, 0.6) is 0 Å². The van der Waals surface area contributed by atoms with Crippen LogP contribution < -0.4 is 5.32 Å². The van der Waals surface area contributed by atoms with Crippen LogP contribution >= 0.6 is 0 Å². The molecule has 1 aromatic rings. The molecule has 0 bridgehead atoms. The smallest absolute Gasteiger partial charge is 0.177 e. The second-order valence-electron chi connectivity index (χ2n) is 3.93. The molecule has 0 saturated heterocycles. The molecule has 0 aliphatic carbocycles. The molecule has 88 valence electrons. The lowest BCUT2D eigenvalue weighted by molar-refractivity contribution is 0.602. The molecular formula is C12H17NO2S. The van der Waals surface area contributed by atoms with E-state index in [4.69, 9.17) is 0 Å². The molecular weight excluding hydrogens is 222 g/mol. The normalized spacial score (nSPS) is 10.9. The first kappa shape index (κ1) is 12.8. The van der Waals surface area contributed by atoms with E-state index in [0.29, 0.717) is 17.1 Å². The summed E-state index contributed by atoms with van der Waals surface area (Å²) in [7, 11) is -3.17. The third-order valence-corrected chi connectivity index (χ3v) is 3.24. The summed E-state index contributed by atoms with van der Waals surface area (Å²) in [6, 6.07) is 6.93. The average Bonchev–Trinajstić information content (AvgIpc) is 2.16. The van der Waals surface area contributed by atoms with E-state index in [2.05, 4.69) is 5.32 Å². The summed E-state index contributed by atoms with van der Waals surface area (Å²) in [5.41, 5.74) is 1.85. The van der Waals surface area contributed by atoms with Crippen LogP contribution in [0.15, 0.2) is 40.8 Å². The van der Waals surface area contributed by atoms with E-state index in [1.54, 1.807) is 18.2 Å². The number of anilines is 1. The highest BCUT2D eigenvalue weighted by molar-refractivity contribution is 7.90. The summed E-state index contributed by atoms with van der Waals surface area (Å²) in [5, 5.41) is 3.10. The topological polar surface area (TPSA) is 46.2 Å². The van der Waals surface area contributed by atoms with Crippen molar-refractivity contribution in [2.45, 2.75) is 18.7 Å². The zero-order valence-electron chi connectivity index (χ0n) is 9.82. The van der Waals surface area contributed by atoms with E-state index in [9.17, 15) is 8.42 Å². The minimum Gasteiger partial charge on any atom is -0.381 e. The van der Waals surface area contributed by atoms with Crippen molar-refractivity contribution in [3.05, 3.63) is 35.9 Å². The predicted octanol–water partition coefficient (Wildman–Crippen LogP) is 2.47. The third-order valence-electron chi connectivity index (χ3n) is 2.09. The first-order valence-corrected chi connectivity index (χ1v) is 6.96. The maximum absolute atomic E-state index is 11.5. The Morgan fingerprint density at radius 2 is 1.94 bits per heavy atom. The molecule has 0 unspecified atom stereocenters. The molecule has 0 radical (unpaired) electrons. The molecule has 0 heterocycles. The van der Waals surface area contributed by atoms with Gasteiger partial charge >= 0.3 is 0 Å². The van der Waals surface area contributed by atoms with Crippen LogP contribution in [0, 0.1) is 0 Å². The molecule has 0 atom stereocenters. The third kappa shape index (κ3) is 3.70. The molecule has 3 nitrogen and oxygen atoms in total. The first-order valence-electron chi connectivity index (χ1n) is 5.07. The zero-order chi connectivity index (χ0) is 12.2. The van der Waals surface area contributed by atoms with Gasteiger partial charge in [0.25, 0.3) is 0 Å². The van der Waals surface area contributed by atoms with Gasteiger partial charge < -0.3 is 5.32 Å². The molecule has 0 aliphatic heterocycles. The van der Waals surface area contributed by atoms with Crippen LogP contribution in [0.25, 0.3) is 0 Å². The molecule has 0 amide bonds. The van der Waals surface area contributed by atoms with Gasteiger partial charge in [-0.25, -0.2) is 8.42 Å². The van der Waals surface area contributed by atoms with Crippen LogP contribution in [0.1, 0.15) is 13.8 Å². The summed E-state index contributed by atoms with van der Waals surface area (Å²) in [5.74, 6) is 0. The molecule has 1 rings (SSSR count). The molecule has 0 aliphatic rings. The second kappa shape index (κ2) is 5.16. The number of hydrogen-bond acceptors (Lipinski definition) is 3. The van der Waals surface area contributed by atoms with Crippen molar-refractivity contribution >= 4 is 15.5 Å². The lowest BCUT2D eigenvalue weighted by Gasteiger charge is -2.08. The summed E-state index contributed by atoms with van der Waals surface area (Å²) < 4.78 is 23.0. The van der Waals surface area contributed by atoms with Crippen LogP contribution in [-0.4, -0.2) is 21.2 Å². The largest absolute Gasteiger partial charge is 0.381 e. The molecule has 0 fully saturated rings. The minimum atomic E-state index is -3.17. The Morgan fingerprint density at radius 1 is 1.31 bits per heavy atom. The van der Waals surface area contributed by atoms with Gasteiger partial charge in [0.05, 0.1) is 10.6 Å². The number of sulfone groups is 1. The van der Waals surface area contributed by atoms with Gasteiger partial charge in [-0.2, -0.15) is 0 Å². The molecule has 0 aromatic heterocycles. The number of benzene rings is 1. The quantitative estimate of drug-likeness (QED) is 0.821. The van der Waals surface area contributed by atoms with Crippen molar-refractivity contribution in [3.8, 4) is 0 Å². The number of para-hydroxylation sites is 1. The minimum absolute atomic E-state index is 0.345. The van der Waals surface area contributed by atoms with Crippen molar-refractivity contribution in [2.24, 2.45) is 0 Å². The highest BCUT2D eigenvalue weighted by Gasteiger charge is 2.11. The van der Waals surface area contributed by atoms with Gasteiger partial charge in [-0.15, -0.1) is 0 Å². The van der Waals surface area contributed by atoms with Crippen molar-refractivity contribution in [1.82, 2.24) is 0 Å². The predicted molar refractivity (Wildman–Crippen MR) is 67.5 cm³/mol. The summed E-state index contributed by atoms with van der Waals surface area (Å²) in [4.78, 5) is 0.345. The van der Waals surface area contributed by atoms with Gasteiger partial charge in [0.1, 0.15) is 0 Å². The Balaban J connectivity index is 2.93. The molecule has 1 N–H and O–H groups in total. The maximum Gasteiger partial charge on any atom is 0.177 e. The number of rotatable bonds is 4. The van der Waals surface area contributed by atoms with Crippen LogP contribution in [0.3, 0.4) is 0 Å². The lowest BCUT2D eigenvalue weighted by atomic mass is 10.3. The molecule has 4 heteroatoms. The number of nitrogens with one attached hydrogen (secondary N) is 1. The molecule has 1 aromatic carbocycles. The van der Waals surface area contributed by atoms with E-state index in [0.717, 1.165) is 0 Å². The number of allylic oxidation sites excluding steroid dienone is 1. The Bertz CT molecular complexity index is 485. The fraction of sp³-hybridized carbons (Fsp3) is 0.333. The molecule has 16 heavy (non-hydrogen) atoms. The Labute approximate surface area is 97.1 Å². The van der Waals surface area contributed by atoms with Crippen LogP contribution in [0.4, 0.5) is 5.69 Å². The fourth-order valence-electron chi connectivity index (χ4n) is 1.30. The van der Waals surface area contributed by atoms with Crippen LogP contribution in [-0.2, 0) is 9.84 Å². The highest BCUT2D eigenvalue weighted by Crippen LogP contribution is 2.20. The van der Waals surface area contributed by atoms with Gasteiger partial charge in [0, 0.05) is 12.8 Å². The van der Waals surface area contributed by atoms with Crippen LogP contribution in [0.2, 0.25) is 0 Å². The zero-order valence-corrected chi connectivity index (χ0v) is 10.6. The van der Waals surface area contributed by atoms with Gasteiger partial charge in [-0.1, -0.05) is 23.8 Å². The maximum atomic E-state index is 11.5. The van der Waals surface area contributed by atoms with E-state index >= 15 is 0 Å². The average molecular weight is 239 g/mol. The lowest BCUT2D eigenvalue weighted by Crippen LogP contribution is -2.06. The van der Waals surface area contributed by atoms with E-state index < -0.39 is 9.84 Å². The van der Waals surface area contributed by atoms with Crippen molar-refractivity contribution in [2.75, 3.05) is 18.1 Å². The van der Waals surface area contributed by atoms with Gasteiger partial charge in [-0.3, -0.25) is 0 Å². The summed E-state index contributed by atoms with van der Waals surface area (Å²) >= 11 is 0. The number of hydrogen-bond donors (Lipinski definition) is 1. The highest BCUT2D eigenvalue weighted by atomic mass is 32.2. The Kier molecular flexibility index (Phi) is 4.12. The molecule has 0 saturated carbocycles. The summed E-state index contributed by atoms with van der Waals surface area (Å²) in [6.45, 7) is 4.64. The molecule has 0 spiro atoms. The van der Waals surface area contributed by atoms with Crippen molar-refractivity contribution in [3.63, 3.8) is 0 Å². The SMILES string of the molecule is CC(C)=CCNc1ccccc1S(C)(=O)=O. The second-order valence-corrected chi connectivity index (χ2v) is 5.91. The van der Waals surface area contributed by atoms with Crippen molar-refractivity contribution < 1.29 is 8.42 Å². The fourth-order valence-corrected chi connectivity index (χ4v) is 2.17. The Hall–Kier alpha value is -1.29. The summed E-state index contributed by atoms with van der Waals surface area (Å²) in [6.07, 6.45) is 3.23. The Morgan fingerprint density at radius 3 is 2.50 bits per heavy atom. The first-order chi connectivity index (χ1) is 7.41. The van der Waals surface area contributed by atoms with Gasteiger partial charge in [0.15, 0.2) is 9.84 Å². The van der Waals surface area contributed by atoms with Gasteiger partial charge in [-0.05, 0) is 26.0 Å². The van der Waals surface area contributed by atoms with E-state index in [-0.39, 0.29) is 0 Å².